The third-order valence-electron chi connectivity index (χ3n) is 20.2. The molecular formula is C72H115N17O39S3. The van der Waals surface area contributed by atoms with Crippen molar-refractivity contribution in [3.05, 3.63) is 23.9 Å². The van der Waals surface area contributed by atoms with Gasteiger partial charge in [-0.25, -0.2) is 38.8 Å². The number of hydrogen-bond acceptors (Lipinski definition) is 33. The first kappa shape index (κ1) is 113. The van der Waals surface area contributed by atoms with E-state index in [-0.39, 0.29) is 45.0 Å². The Morgan fingerprint density at radius 2 is 0.855 bits per heavy atom. The number of nitrogens with one attached hydrogen (secondary N) is 11. The summed E-state index contributed by atoms with van der Waals surface area (Å²) in [5, 5.41) is 114. The van der Waals surface area contributed by atoms with Crippen molar-refractivity contribution in [2.45, 2.75) is 221 Å². The van der Waals surface area contributed by atoms with Gasteiger partial charge in [0.2, 0.25) is 64.8 Å². The van der Waals surface area contributed by atoms with E-state index in [1.54, 1.807) is 28.2 Å². The van der Waals surface area contributed by atoms with Crippen LogP contribution in [0.5, 0.6) is 0 Å². The smallest absolute Gasteiger partial charge is 0.407 e. The second kappa shape index (κ2) is 55.2. The Labute approximate surface area is 748 Å². The van der Waals surface area contributed by atoms with Gasteiger partial charge in [-0.1, -0.05) is 58.3 Å². The number of guanidine groups is 2. The number of amides is 11. The van der Waals surface area contributed by atoms with Gasteiger partial charge < -0.3 is 146 Å². The van der Waals surface area contributed by atoms with Crippen molar-refractivity contribution < 1.29 is 185 Å². The number of aliphatic imine (C=N–C) groups is 2. The minimum atomic E-state index is -5.28. The van der Waals surface area contributed by atoms with Crippen LogP contribution in [0.1, 0.15) is 136 Å². The number of alkyl carbamates (subject to hydrolysis) is 1. The molecule has 31 N–H and O–H groups in total. The molecule has 1 aliphatic carbocycles. The van der Waals surface area contributed by atoms with Crippen LogP contribution in [0.3, 0.4) is 0 Å². The average molecular weight is 1940 g/mol. The fourth-order valence-electron chi connectivity index (χ4n) is 13.9. The Hall–Kier alpha value is -12.0. The molecule has 2 heterocycles. The third-order valence-corrected chi connectivity index (χ3v) is 22.5. The van der Waals surface area contributed by atoms with Crippen LogP contribution in [0.2, 0.25) is 0 Å². The van der Waals surface area contributed by atoms with Gasteiger partial charge in [-0.2, -0.15) is 25.3 Å². The molecule has 59 heteroatoms. The van der Waals surface area contributed by atoms with Gasteiger partial charge in [0.15, 0.2) is 24.1 Å². The number of ether oxygens (including phenoxy) is 4. The van der Waals surface area contributed by atoms with E-state index in [4.69, 9.17) is 41.9 Å². The van der Waals surface area contributed by atoms with Crippen LogP contribution >= 0.6 is 0 Å². The Bertz CT molecular complexity index is 4490. The SMILES string of the molecule is CC(=O)N[C@H]1C([C@H](OC(=O)NCCCCCCCCNC(=O)[C@@H]2C[C@H](C(=O)NCCCCCCCCNC(=O)C[C@H](C(O)CO)C3OC(C(=O)O)=C[C@H](N=C(N)N)[C@H]3C)C[C@H](C(=O)N[C@H](CC(=O)NC(CS(=O)(=O)O)C(=O)O)C(=O)N[C@H](CC(=O)NC(CS(=O)(=O)O)C(=O)O)C(=O)N[C@H](CC(=O)NC(CS(=O)(=O)O)C(=O)O)C(=O)O)C2)C(O)CO)OC(OC=O)=C[C@@H]1N=C(N)N. The van der Waals surface area contributed by atoms with Crippen molar-refractivity contribution in [1.29, 1.82) is 0 Å². The number of unbranched alkanes of at least 4 members (excludes halogenated alkanes) is 10. The zero-order valence-electron chi connectivity index (χ0n) is 70.8. The monoisotopic (exact) mass is 1940 g/mol. The summed E-state index contributed by atoms with van der Waals surface area (Å²) < 4.78 is 120. The maximum absolute atomic E-state index is 14.8. The second-order valence-electron chi connectivity index (χ2n) is 30.8. The van der Waals surface area contributed by atoms with Crippen LogP contribution in [0.25, 0.3) is 0 Å². The first-order valence-electron chi connectivity index (χ1n) is 40.6. The molecule has 7 unspecified atom stereocenters. The van der Waals surface area contributed by atoms with E-state index in [1.165, 1.54) is 6.08 Å². The molecule has 0 aromatic rings. The number of rotatable bonds is 60. The normalized spacial score (nSPS) is 20.7. The Morgan fingerprint density at radius 1 is 0.473 bits per heavy atom. The highest BCUT2D eigenvalue weighted by Gasteiger charge is 2.48. The van der Waals surface area contributed by atoms with Crippen LogP contribution in [0.4, 0.5) is 4.79 Å². The molecular weight excluding hydrogens is 1820 g/mol. The lowest BCUT2D eigenvalue weighted by Crippen LogP contribution is -2.61. The molecule has 11 amide bonds. The maximum atomic E-state index is 14.8. The number of carboxylic acid groups (broad SMARTS) is 5. The quantitative estimate of drug-likeness (QED) is 0.00884. The highest BCUT2D eigenvalue weighted by atomic mass is 32.2. The second-order valence-corrected chi connectivity index (χ2v) is 35.3. The van der Waals surface area contributed by atoms with Crippen LogP contribution in [0, 0.1) is 29.6 Å². The van der Waals surface area contributed by atoms with E-state index in [9.17, 15) is 166 Å². The van der Waals surface area contributed by atoms with E-state index in [2.05, 4.69) is 41.9 Å². The molecule has 3 rings (SSSR count). The van der Waals surface area contributed by atoms with Crippen molar-refractivity contribution in [3.8, 4) is 0 Å². The molecule has 56 nitrogen and oxygen atoms in total. The number of aliphatic hydroxyl groups excluding tert-OH is 4. The van der Waals surface area contributed by atoms with Gasteiger partial charge in [0.25, 0.3) is 36.3 Å². The van der Waals surface area contributed by atoms with E-state index in [0.29, 0.717) is 77.0 Å². The largest absolute Gasteiger partial charge is 0.483 e. The summed E-state index contributed by atoms with van der Waals surface area (Å²) in [4.78, 5) is 231. The molecule has 0 aromatic carbocycles. The van der Waals surface area contributed by atoms with Crippen molar-refractivity contribution in [2.24, 2.45) is 62.5 Å². The topological polar surface area (TPSA) is 933 Å². The van der Waals surface area contributed by atoms with Gasteiger partial charge in [-0.3, -0.25) is 66.4 Å². The summed E-state index contributed by atoms with van der Waals surface area (Å²) in [5.41, 5.74) is 22.3. The number of aliphatic carboxylic acids is 5. The highest BCUT2D eigenvalue weighted by Crippen LogP contribution is 2.36. The van der Waals surface area contributed by atoms with Gasteiger partial charge in [-0.15, -0.1) is 0 Å². The van der Waals surface area contributed by atoms with Gasteiger partial charge in [0.05, 0.1) is 50.7 Å². The van der Waals surface area contributed by atoms with Crippen molar-refractivity contribution in [2.75, 3.05) is 56.7 Å². The number of nitrogens with zero attached hydrogens (tertiary/aromatic N) is 2. The molecule has 0 aromatic heterocycles. The lowest BCUT2D eigenvalue weighted by atomic mass is 9.73. The molecule has 0 radical (unpaired) electrons. The molecule has 1 fully saturated rings. The molecule has 3 aliphatic rings. The zero-order chi connectivity index (χ0) is 99.0. The predicted octanol–water partition coefficient (Wildman–Crippen LogP) is -9.86. The third kappa shape index (κ3) is 43.1. The molecule has 0 spiro atoms. The standard InChI is InChI=1S/C72H115N17O39S3/c1-34-40(88-70(73)74)23-50(69(113)114)126-57(34)39(48(94)28-90)22-51(96)77-15-11-7-3-4-8-12-16-78-60(100)36-19-37(61(101)79-17-13-9-5-6-10-14-18-80-72(115)128-58(49(95)29-91)59-56(81-35(2)93)41(89-71(75)76)27-55(127-59)125-33-92)21-38(20-36)62(102)85-42(24-52(97)82-45(66(107)108)30-129(116,117)118)63(103)86-43(25-53(98)83-46(67(109)110)31-130(119,120)121)64(104)87-44(65(105)106)26-54(99)84-47(68(111)112)32-131(122,123)124/h23,27,33-34,36-49,56-59,90-91,94-95H,3-22,24-26,28-32H2,1-2H3,(H,77,96)(H,78,100)(H,79,101)(H,80,115)(H,81,93)(H,82,97)(H,83,98)(H,84,99)(H,85,102)(H,86,103)(H,87,104)(H,105,106)(H,107,108)(H,109,110)(H,111,112)(H,113,114)(H4,73,74,88)(H4,75,76,89)(H,116,117,118)(H,119,120,121)(H,122,123,124)/t34-,36+,37-,38+,39-,40+,41+,42-,43-,44-,45?,46?,47?,48?,49?,56-,57?,58-,59?/m1/s1. The summed E-state index contributed by atoms with van der Waals surface area (Å²) in [7, 11) is -15.7. The van der Waals surface area contributed by atoms with Gasteiger partial charge in [0, 0.05) is 75.2 Å². The Morgan fingerprint density at radius 3 is 1.24 bits per heavy atom. The van der Waals surface area contributed by atoms with Gasteiger partial charge >= 0.3 is 42.4 Å². The molecule has 740 valence electrons. The Balaban J connectivity index is 1.94. The molecule has 2 aliphatic heterocycles. The van der Waals surface area contributed by atoms with Gasteiger partial charge in [0.1, 0.15) is 71.8 Å². The van der Waals surface area contributed by atoms with E-state index in [1.807, 2.05) is 5.32 Å². The van der Waals surface area contributed by atoms with Crippen molar-refractivity contribution >= 4 is 144 Å². The number of carbonyl (C=O) groups excluding carboxylic acids is 12. The van der Waals surface area contributed by atoms with Crippen molar-refractivity contribution in [3.63, 3.8) is 0 Å². The molecule has 0 saturated heterocycles. The predicted molar refractivity (Wildman–Crippen MR) is 443 cm³/mol. The number of hydrogen-bond donors (Lipinski definition) is 27. The number of carboxylic acids is 5. The molecule has 131 heavy (non-hydrogen) atoms. The maximum Gasteiger partial charge on any atom is 0.407 e. The van der Waals surface area contributed by atoms with E-state index >= 15 is 0 Å². The number of carbonyl (C=O) groups is 17. The minimum absolute atomic E-state index is 0.00179. The number of aliphatic hydroxyl groups is 4. The molecule has 19 atom stereocenters. The zero-order valence-corrected chi connectivity index (χ0v) is 73.3. The van der Waals surface area contributed by atoms with E-state index in [0.717, 1.165) is 13.0 Å². The Kier molecular flexibility index (Phi) is 47.7. The summed E-state index contributed by atoms with van der Waals surface area (Å²) in [6.45, 7) is 1.02. The summed E-state index contributed by atoms with van der Waals surface area (Å²) in [6, 6.07) is -18.8. The summed E-state index contributed by atoms with van der Waals surface area (Å²) in [6.07, 6.45) is -7.32. The summed E-state index contributed by atoms with van der Waals surface area (Å²) in [5.74, 6) is -35.9. The fourth-order valence-corrected chi connectivity index (χ4v) is 15.9. The van der Waals surface area contributed by atoms with Crippen LogP contribution in [-0.2, 0) is 126 Å². The first-order chi connectivity index (χ1) is 61.2. The van der Waals surface area contributed by atoms with Crippen LogP contribution < -0.4 is 81.4 Å². The summed E-state index contributed by atoms with van der Waals surface area (Å²) >= 11 is 0. The molecule has 0 bridgehead atoms. The van der Waals surface area contributed by atoms with Crippen LogP contribution in [0.15, 0.2) is 33.8 Å². The van der Waals surface area contributed by atoms with E-state index < -0.39 is 327 Å². The van der Waals surface area contributed by atoms with Crippen molar-refractivity contribution in [1.82, 2.24) is 58.5 Å². The lowest BCUT2D eigenvalue weighted by molar-refractivity contribution is -0.149. The average Bonchev–Trinajstić information content (AvgIpc) is 0.795. The van der Waals surface area contributed by atoms with Gasteiger partial charge in [-0.05, 0) is 51.0 Å². The fraction of sp³-hybridized carbons (Fsp3) is 0.681. The first-order valence-corrected chi connectivity index (χ1v) is 45.4. The minimum Gasteiger partial charge on any atom is -0.483 e. The lowest BCUT2D eigenvalue weighted by Gasteiger charge is -2.39. The van der Waals surface area contributed by atoms with Crippen LogP contribution in [-0.4, -0.2) is 340 Å². The highest BCUT2D eigenvalue weighted by molar-refractivity contribution is 7.86. The number of nitrogens with two attached hydrogens (primary N) is 4. The molecule has 1 saturated carbocycles.